The molecule has 4 N–H and O–H groups in total. The van der Waals surface area contributed by atoms with Crippen molar-refractivity contribution in [1.29, 1.82) is 0 Å². The van der Waals surface area contributed by atoms with Gasteiger partial charge in [0, 0.05) is 27.8 Å². The van der Waals surface area contributed by atoms with Gasteiger partial charge in [0.05, 0.1) is 42.7 Å². The molecule has 0 saturated carbocycles. The van der Waals surface area contributed by atoms with Gasteiger partial charge in [0.1, 0.15) is 18.2 Å². The lowest BCUT2D eigenvalue weighted by Gasteiger charge is -2.43. The Morgan fingerprint density at radius 3 is 2.09 bits per heavy atom. The molecule has 1 fully saturated rings. The van der Waals surface area contributed by atoms with Gasteiger partial charge in [-0.2, -0.15) is 0 Å². The fourth-order valence-corrected chi connectivity index (χ4v) is 7.55. The van der Waals surface area contributed by atoms with Gasteiger partial charge in [-0.3, -0.25) is 19.2 Å². The Balaban J connectivity index is 2.31. The van der Waals surface area contributed by atoms with E-state index in [0.29, 0.717) is 18.5 Å². The summed E-state index contributed by atoms with van der Waals surface area (Å²) in [5, 5.41) is 19.7. The maximum Gasteiger partial charge on any atom is 0.245 e. The smallest absolute Gasteiger partial charge is 0.245 e. The average molecular weight is 742 g/mol. The molecule has 298 valence electrons. The highest BCUT2D eigenvalue weighted by atomic mass is 16.5. The van der Waals surface area contributed by atoms with Crippen LogP contribution in [0.1, 0.15) is 92.2 Å². The van der Waals surface area contributed by atoms with Crippen molar-refractivity contribution in [2.45, 2.75) is 129 Å². The number of amides is 4. The van der Waals surface area contributed by atoms with Crippen LogP contribution in [0, 0.1) is 36.0 Å². The number of nitrogens with zero attached hydrogens (tertiary/aromatic N) is 2. The molecule has 1 aromatic carbocycles. The minimum absolute atomic E-state index is 0.00690. The second kappa shape index (κ2) is 22.0. The highest BCUT2D eigenvalue weighted by molar-refractivity contribution is 5.90. The molecule has 1 aromatic rings. The number of benzene rings is 1. The molecule has 0 aromatic heterocycles. The largest absolute Gasteiger partial charge is 0.385 e. The predicted molar refractivity (Wildman–Crippen MR) is 207 cm³/mol. The van der Waals surface area contributed by atoms with Crippen molar-refractivity contribution in [3.8, 4) is 12.3 Å². The summed E-state index contributed by atoms with van der Waals surface area (Å²) in [7, 11) is 6.53. The van der Waals surface area contributed by atoms with Crippen LogP contribution in [0.25, 0.3) is 0 Å². The third-order valence-electron chi connectivity index (χ3n) is 10.9. The number of aliphatic hydroxyl groups is 1. The Morgan fingerprint density at radius 1 is 0.962 bits per heavy atom. The number of hydrogen-bond acceptors (Lipinski definition) is 8. The number of nitrogens with one attached hydrogen (secondary N) is 3. The molecule has 0 bridgehead atoms. The number of piperidine rings is 1. The van der Waals surface area contributed by atoms with Crippen LogP contribution in [-0.2, 0) is 28.7 Å². The second-order valence-corrected chi connectivity index (χ2v) is 15.2. The van der Waals surface area contributed by atoms with Gasteiger partial charge >= 0.3 is 0 Å². The summed E-state index contributed by atoms with van der Waals surface area (Å²) >= 11 is 0. The lowest BCUT2D eigenvalue weighted by Crippen LogP contribution is -2.60. The van der Waals surface area contributed by atoms with Crippen molar-refractivity contribution >= 4 is 23.6 Å². The first-order valence-corrected chi connectivity index (χ1v) is 19.2. The van der Waals surface area contributed by atoms with E-state index < -0.39 is 54.4 Å². The van der Waals surface area contributed by atoms with Crippen molar-refractivity contribution in [2.24, 2.45) is 23.7 Å². The molecule has 1 heterocycles. The van der Waals surface area contributed by atoms with Gasteiger partial charge in [-0.25, -0.2) is 0 Å². The topological polar surface area (TPSA) is 150 Å². The third-order valence-corrected chi connectivity index (χ3v) is 10.9. The molecule has 12 heteroatoms. The summed E-state index contributed by atoms with van der Waals surface area (Å²) in [6.45, 7) is 14.0. The van der Waals surface area contributed by atoms with Crippen LogP contribution in [0.4, 0.5) is 0 Å². The lowest BCUT2D eigenvalue weighted by atomic mass is 9.87. The molecule has 1 aliphatic heterocycles. The normalized spacial score (nSPS) is 19.9. The highest BCUT2D eigenvalue weighted by Crippen LogP contribution is 2.29. The van der Waals surface area contributed by atoms with Crippen molar-refractivity contribution in [3.63, 3.8) is 0 Å². The number of likely N-dealkylation sites (tertiary alicyclic amines) is 1. The average Bonchev–Trinajstić information content (AvgIpc) is 3.15. The van der Waals surface area contributed by atoms with E-state index in [9.17, 15) is 24.3 Å². The Morgan fingerprint density at radius 2 is 1.58 bits per heavy atom. The van der Waals surface area contributed by atoms with Crippen LogP contribution in [0.2, 0.25) is 0 Å². The number of terminal acetylenes is 1. The molecule has 0 radical (unpaired) electrons. The van der Waals surface area contributed by atoms with Crippen molar-refractivity contribution < 1.29 is 33.8 Å². The van der Waals surface area contributed by atoms with Crippen LogP contribution in [0.3, 0.4) is 0 Å². The third kappa shape index (κ3) is 12.0. The molecular formula is C41H67N5O7. The zero-order chi connectivity index (χ0) is 40.0. The number of hydrogen-bond donors (Lipinski definition) is 4. The Labute approximate surface area is 318 Å². The zero-order valence-corrected chi connectivity index (χ0v) is 33.9. The van der Waals surface area contributed by atoms with E-state index in [-0.39, 0.29) is 47.8 Å². The van der Waals surface area contributed by atoms with E-state index in [0.717, 1.165) is 19.3 Å². The SMILES string of the molecule is C#CC(NC(=O)[C@H](C)[C@@H](OC)[C@@H]1CCCCN1C(=O)C[C@@H](OC)[C@H](C(C)CC)N(C)C(=O)[C@@H](NC(=O)[C@@H](NC)C(C)C)C(C)C)[C@@H](O)c1ccccc1. The van der Waals surface area contributed by atoms with E-state index in [2.05, 4.69) is 21.9 Å². The van der Waals surface area contributed by atoms with E-state index in [1.165, 1.54) is 7.11 Å². The number of aliphatic hydroxyl groups excluding tert-OH is 1. The van der Waals surface area contributed by atoms with Gasteiger partial charge < -0.3 is 40.3 Å². The second-order valence-electron chi connectivity index (χ2n) is 15.2. The van der Waals surface area contributed by atoms with E-state index in [1.807, 2.05) is 47.6 Å². The Bertz CT molecular complexity index is 1350. The first kappa shape index (κ1) is 45.7. The van der Waals surface area contributed by atoms with E-state index >= 15 is 0 Å². The fraction of sp³-hybridized carbons (Fsp3) is 0.707. The van der Waals surface area contributed by atoms with Crippen LogP contribution >= 0.6 is 0 Å². The molecule has 2 unspecified atom stereocenters. The standard InChI is InChI=1S/C41H67N5O7/c1-13-27(7)36(45(10)41(51)35(26(5)6)44-40(50)34(42-9)25(3)4)32(52-11)24-33(47)46-23-19-18-22-31(46)38(53-12)28(8)39(49)43-30(14-2)37(48)29-20-16-15-17-21-29/h2,15-17,20-21,25-28,30-32,34-38,42,48H,13,18-19,22-24H2,1,3-12H3,(H,43,49)(H,44,50)/t27?,28-,30?,31+,32-,34+,35+,36+,37+,38-/m1/s1. The van der Waals surface area contributed by atoms with Gasteiger partial charge in [-0.05, 0) is 49.6 Å². The molecule has 4 amide bonds. The van der Waals surface area contributed by atoms with Gasteiger partial charge in [0.2, 0.25) is 23.6 Å². The molecule has 1 aliphatic rings. The minimum Gasteiger partial charge on any atom is -0.385 e. The minimum atomic E-state index is -1.10. The number of carbonyl (C=O) groups is 4. The van der Waals surface area contributed by atoms with E-state index in [1.54, 1.807) is 62.2 Å². The lowest BCUT2D eigenvalue weighted by molar-refractivity contribution is -0.150. The van der Waals surface area contributed by atoms with Crippen molar-refractivity contribution in [1.82, 2.24) is 25.8 Å². The molecule has 1 saturated heterocycles. The van der Waals surface area contributed by atoms with Gasteiger partial charge in [0.25, 0.3) is 0 Å². The Hall–Kier alpha value is -3.50. The maximum absolute atomic E-state index is 14.3. The number of carbonyl (C=O) groups excluding carboxylic acids is 4. The first-order chi connectivity index (χ1) is 25.1. The summed E-state index contributed by atoms with van der Waals surface area (Å²) < 4.78 is 12.0. The molecule has 10 atom stereocenters. The summed E-state index contributed by atoms with van der Waals surface area (Å²) in [6, 6.07) is 5.85. The number of methoxy groups -OCH3 is 2. The van der Waals surface area contributed by atoms with Crippen molar-refractivity contribution in [2.75, 3.05) is 34.9 Å². The number of likely N-dealkylation sites (N-methyl/N-ethyl adjacent to an activating group) is 2. The Kier molecular flexibility index (Phi) is 19.0. The zero-order valence-electron chi connectivity index (χ0n) is 33.9. The number of rotatable bonds is 20. The van der Waals surface area contributed by atoms with Crippen LogP contribution in [0.5, 0.6) is 0 Å². The monoisotopic (exact) mass is 742 g/mol. The number of ether oxygens (including phenoxy) is 2. The first-order valence-electron chi connectivity index (χ1n) is 19.2. The molecule has 0 aliphatic carbocycles. The maximum atomic E-state index is 14.3. The molecular weight excluding hydrogens is 674 g/mol. The molecule has 0 spiro atoms. The van der Waals surface area contributed by atoms with Gasteiger partial charge in [-0.15, -0.1) is 6.42 Å². The van der Waals surface area contributed by atoms with E-state index in [4.69, 9.17) is 15.9 Å². The molecule has 2 rings (SSSR count). The summed E-state index contributed by atoms with van der Waals surface area (Å²) in [5.41, 5.74) is 0.588. The van der Waals surface area contributed by atoms with Crippen molar-refractivity contribution in [3.05, 3.63) is 35.9 Å². The summed E-state index contributed by atoms with van der Waals surface area (Å²) in [6.07, 6.45) is 6.38. The van der Waals surface area contributed by atoms with Crippen LogP contribution in [0.15, 0.2) is 30.3 Å². The van der Waals surface area contributed by atoms with Gasteiger partial charge in [-0.1, -0.05) is 91.1 Å². The molecule has 53 heavy (non-hydrogen) atoms. The molecule has 12 nitrogen and oxygen atoms in total. The highest BCUT2D eigenvalue weighted by Gasteiger charge is 2.42. The summed E-state index contributed by atoms with van der Waals surface area (Å²) in [4.78, 5) is 58.7. The predicted octanol–water partition coefficient (Wildman–Crippen LogP) is 3.53. The summed E-state index contributed by atoms with van der Waals surface area (Å²) in [5.74, 6) is 0.575. The fourth-order valence-electron chi connectivity index (χ4n) is 7.55. The van der Waals surface area contributed by atoms with Crippen LogP contribution < -0.4 is 16.0 Å². The van der Waals surface area contributed by atoms with Gasteiger partial charge in [0.15, 0.2) is 0 Å². The quantitative estimate of drug-likeness (QED) is 0.149. The van der Waals surface area contributed by atoms with Crippen LogP contribution in [-0.4, -0.2) is 116 Å².